The van der Waals surface area contributed by atoms with E-state index >= 15 is 0 Å². The van der Waals surface area contributed by atoms with Gasteiger partial charge in [-0.1, -0.05) is 13.8 Å². The molecule has 0 aromatic carbocycles. The number of aromatic amines is 1. The van der Waals surface area contributed by atoms with Gasteiger partial charge in [-0.2, -0.15) is 0 Å². The van der Waals surface area contributed by atoms with E-state index in [1.54, 1.807) is 6.92 Å². The summed E-state index contributed by atoms with van der Waals surface area (Å²) in [6.07, 6.45) is -0.0524. The van der Waals surface area contributed by atoms with E-state index in [-0.39, 0.29) is 12.5 Å². The number of nitrogens with zero attached hydrogens (tertiary/aromatic N) is 1. The van der Waals surface area contributed by atoms with Gasteiger partial charge in [0.25, 0.3) is 5.56 Å². The zero-order valence-electron chi connectivity index (χ0n) is 10.9. The molecule has 2 rings (SSSR count). The van der Waals surface area contributed by atoms with E-state index in [0.717, 1.165) is 4.57 Å². The molecule has 106 valence electrons. The fourth-order valence-corrected chi connectivity index (χ4v) is 2.52. The van der Waals surface area contributed by atoms with Crippen molar-refractivity contribution in [1.29, 1.82) is 0 Å². The molecular weight excluding hydrogens is 252 g/mol. The molecular formula is C12H18N2O5. The summed E-state index contributed by atoms with van der Waals surface area (Å²) in [5.74, 6) is -0.327. The molecule has 1 saturated heterocycles. The van der Waals surface area contributed by atoms with Gasteiger partial charge >= 0.3 is 5.69 Å². The van der Waals surface area contributed by atoms with Crippen LogP contribution in [-0.4, -0.2) is 38.1 Å². The summed E-state index contributed by atoms with van der Waals surface area (Å²) in [6, 6.07) is 1.19. The number of ether oxygens (including phenoxy) is 1. The summed E-state index contributed by atoms with van der Waals surface area (Å²) in [5, 5.41) is 19.7. The van der Waals surface area contributed by atoms with Crippen LogP contribution in [0.25, 0.3) is 0 Å². The Labute approximate surface area is 109 Å². The number of aromatic nitrogens is 2. The highest BCUT2D eigenvalue weighted by Crippen LogP contribution is 2.42. The molecule has 4 atom stereocenters. The van der Waals surface area contributed by atoms with E-state index in [1.807, 2.05) is 6.92 Å². The Morgan fingerprint density at radius 2 is 2.21 bits per heavy atom. The van der Waals surface area contributed by atoms with E-state index in [9.17, 15) is 19.8 Å². The summed E-state index contributed by atoms with van der Waals surface area (Å²) in [4.78, 5) is 24.9. The number of hydrogen-bond donors (Lipinski definition) is 3. The zero-order chi connectivity index (χ0) is 14.2. The van der Waals surface area contributed by atoms with Gasteiger partial charge in [0.1, 0.15) is 6.10 Å². The van der Waals surface area contributed by atoms with Crippen molar-refractivity contribution in [2.75, 3.05) is 6.61 Å². The monoisotopic (exact) mass is 270 g/mol. The molecule has 0 radical (unpaired) electrons. The van der Waals surface area contributed by atoms with Crippen LogP contribution < -0.4 is 11.2 Å². The van der Waals surface area contributed by atoms with Crippen molar-refractivity contribution in [3.05, 3.63) is 33.1 Å². The zero-order valence-corrected chi connectivity index (χ0v) is 10.9. The van der Waals surface area contributed by atoms with Crippen molar-refractivity contribution in [1.82, 2.24) is 9.55 Å². The SMILES string of the molecule is CC[C@@]1(CO)O[C@@H](n2ccc(=O)[nH]c2=O)[C@H](O)[C@@H]1C. The van der Waals surface area contributed by atoms with E-state index in [1.165, 1.54) is 12.3 Å². The van der Waals surface area contributed by atoms with Crippen molar-refractivity contribution < 1.29 is 14.9 Å². The second kappa shape index (κ2) is 4.92. The fraction of sp³-hybridized carbons (Fsp3) is 0.667. The van der Waals surface area contributed by atoms with Gasteiger partial charge in [0.2, 0.25) is 0 Å². The molecule has 0 saturated carbocycles. The highest BCUT2D eigenvalue weighted by molar-refractivity contribution is 4.99. The molecule has 1 aliphatic heterocycles. The summed E-state index contributed by atoms with van der Waals surface area (Å²) in [5.41, 5.74) is -2.03. The molecule has 0 bridgehead atoms. The predicted molar refractivity (Wildman–Crippen MR) is 66.7 cm³/mol. The van der Waals surface area contributed by atoms with Crippen LogP contribution in [-0.2, 0) is 4.74 Å². The maximum atomic E-state index is 11.7. The van der Waals surface area contributed by atoms with Crippen LogP contribution in [0.3, 0.4) is 0 Å². The van der Waals surface area contributed by atoms with Crippen LogP contribution in [0.2, 0.25) is 0 Å². The third-order valence-corrected chi connectivity index (χ3v) is 3.98. The van der Waals surface area contributed by atoms with Crippen LogP contribution in [0.1, 0.15) is 26.5 Å². The van der Waals surface area contributed by atoms with Gasteiger partial charge in [-0.25, -0.2) is 4.79 Å². The Balaban J connectivity index is 2.42. The molecule has 0 aliphatic carbocycles. The highest BCUT2D eigenvalue weighted by atomic mass is 16.6. The first-order valence-corrected chi connectivity index (χ1v) is 6.23. The summed E-state index contributed by atoms with van der Waals surface area (Å²) in [7, 11) is 0. The molecule has 2 heterocycles. The lowest BCUT2D eigenvalue weighted by molar-refractivity contribution is -0.118. The minimum atomic E-state index is -0.935. The van der Waals surface area contributed by atoms with E-state index in [2.05, 4.69) is 4.98 Å². The normalized spacial score (nSPS) is 34.6. The third kappa shape index (κ3) is 2.13. The molecule has 1 fully saturated rings. The molecule has 1 aromatic heterocycles. The fourth-order valence-electron chi connectivity index (χ4n) is 2.52. The molecule has 0 spiro atoms. The largest absolute Gasteiger partial charge is 0.393 e. The second-order valence-corrected chi connectivity index (χ2v) is 4.88. The number of hydrogen-bond acceptors (Lipinski definition) is 5. The Hall–Kier alpha value is -1.44. The second-order valence-electron chi connectivity index (χ2n) is 4.88. The van der Waals surface area contributed by atoms with E-state index < -0.39 is 29.2 Å². The first kappa shape index (κ1) is 14.0. The smallest absolute Gasteiger partial charge is 0.330 e. The standard InChI is InChI=1S/C12H18N2O5/c1-3-12(6-15)7(2)9(17)10(19-12)14-5-4-8(16)13-11(14)18/h4-5,7,9-10,15,17H,3,6H2,1-2H3,(H,13,16,18)/t7-,9+,10+,12-/m0/s1. The Kier molecular flexibility index (Phi) is 3.62. The lowest BCUT2D eigenvalue weighted by Crippen LogP contribution is -2.39. The molecule has 7 heteroatoms. The molecule has 1 aliphatic rings. The van der Waals surface area contributed by atoms with Gasteiger partial charge in [0, 0.05) is 18.2 Å². The molecule has 0 amide bonds. The summed E-state index contributed by atoms with van der Waals surface area (Å²) < 4.78 is 6.85. The Bertz CT molecular complexity index is 560. The summed E-state index contributed by atoms with van der Waals surface area (Å²) >= 11 is 0. The topological polar surface area (TPSA) is 105 Å². The minimum absolute atomic E-state index is 0.240. The first-order valence-electron chi connectivity index (χ1n) is 6.23. The van der Waals surface area contributed by atoms with Crippen molar-refractivity contribution in [2.45, 2.75) is 38.2 Å². The molecule has 19 heavy (non-hydrogen) atoms. The number of nitrogens with one attached hydrogen (secondary N) is 1. The van der Waals surface area contributed by atoms with E-state index in [4.69, 9.17) is 4.74 Å². The van der Waals surface area contributed by atoms with Gasteiger partial charge in [-0.3, -0.25) is 14.3 Å². The van der Waals surface area contributed by atoms with Crippen molar-refractivity contribution in [3.63, 3.8) is 0 Å². The Morgan fingerprint density at radius 1 is 1.53 bits per heavy atom. The van der Waals surface area contributed by atoms with Gasteiger partial charge in [0.15, 0.2) is 6.23 Å². The van der Waals surface area contributed by atoms with Gasteiger partial charge in [-0.05, 0) is 6.42 Å². The van der Waals surface area contributed by atoms with Crippen molar-refractivity contribution >= 4 is 0 Å². The molecule has 3 N–H and O–H groups in total. The highest BCUT2D eigenvalue weighted by Gasteiger charge is 2.51. The van der Waals surface area contributed by atoms with Crippen LogP contribution in [0, 0.1) is 5.92 Å². The summed E-state index contributed by atoms with van der Waals surface area (Å²) in [6.45, 7) is 3.37. The molecule has 0 unspecified atom stereocenters. The maximum Gasteiger partial charge on any atom is 0.330 e. The number of H-pyrrole nitrogens is 1. The third-order valence-electron chi connectivity index (χ3n) is 3.98. The van der Waals surface area contributed by atoms with Crippen LogP contribution in [0.5, 0.6) is 0 Å². The Morgan fingerprint density at radius 3 is 2.68 bits per heavy atom. The average molecular weight is 270 g/mol. The van der Waals surface area contributed by atoms with Crippen molar-refractivity contribution in [3.8, 4) is 0 Å². The number of rotatable bonds is 3. The quantitative estimate of drug-likeness (QED) is 0.667. The van der Waals surface area contributed by atoms with Crippen LogP contribution >= 0.6 is 0 Å². The maximum absolute atomic E-state index is 11.7. The van der Waals surface area contributed by atoms with E-state index in [0.29, 0.717) is 6.42 Å². The number of aliphatic hydroxyl groups excluding tert-OH is 2. The van der Waals surface area contributed by atoms with Gasteiger partial charge in [0.05, 0.1) is 12.2 Å². The molecule has 1 aromatic rings. The minimum Gasteiger partial charge on any atom is -0.393 e. The first-order chi connectivity index (χ1) is 8.95. The average Bonchev–Trinajstić information content (AvgIpc) is 2.64. The van der Waals surface area contributed by atoms with Gasteiger partial charge < -0.3 is 14.9 Å². The van der Waals surface area contributed by atoms with Gasteiger partial charge in [-0.15, -0.1) is 0 Å². The van der Waals surface area contributed by atoms with Crippen LogP contribution in [0.15, 0.2) is 21.9 Å². The molecule has 7 nitrogen and oxygen atoms in total. The van der Waals surface area contributed by atoms with Crippen LogP contribution in [0.4, 0.5) is 0 Å². The number of aliphatic hydroxyl groups is 2. The lowest BCUT2D eigenvalue weighted by Gasteiger charge is -2.29. The van der Waals surface area contributed by atoms with Crippen molar-refractivity contribution in [2.24, 2.45) is 5.92 Å². The predicted octanol–water partition coefficient (Wildman–Crippen LogP) is -0.796. The lowest BCUT2D eigenvalue weighted by atomic mass is 9.85.